The molecule has 0 aliphatic carbocycles. The van der Waals surface area contributed by atoms with Crippen molar-refractivity contribution in [3.8, 4) is 0 Å². The molecule has 0 spiro atoms. The molecule has 1 atom stereocenters. The highest BCUT2D eigenvalue weighted by Crippen LogP contribution is 2.18. The summed E-state index contributed by atoms with van der Waals surface area (Å²) >= 11 is 0. The predicted molar refractivity (Wildman–Crippen MR) is 68.8 cm³/mol. The van der Waals surface area contributed by atoms with E-state index in [1.165, 1.54) is 13.1 Å². The SMILES string of the molecule is CCC1C(=O)NC(=O)CN1c1ccc(C(C)=O)cn1. The lowest BCUT2D eigenvalue weighted by Gasteiger charge is -2.34. The average Bonchev–Trinajstić information content (AvgIpc) is 2.38. The largest absolute Gasteiger partial charge is 0.335 e. The number of hydrogen-bond donors (Lipinski definition) is 1. The summed E-state index contributed by atoms with van der Waals surface area (Å²) < 4.78 is 0. The van der Waals surface area contributed by atoms with Gasteiger partial charge in [-0.2, -0.15) is 0 Å². The fourth-order valence-corrected chi connectivity index (χ4v) is 2.08. The Labute approximate surface area is 110 Å². The van der Waals surface area contributed by atoms with Crippen LogP contribution in [0.1, 0.15) is 30.6 Å². The Kier molecular flexibility index (Phi) is 3.59. The van der Waals surface area contributed by atoms with Crippen molar-refractivity contribution in [3.05, 3.63) is 23.9 Å². The lowest BCUT2D eigenvalue weighted by Crippen LogP contribution is -2.58. The van der Waals surface area contributed by atoms with Gasteiger partial charge in [-0.1, -0.05) is 6.92 Å². The van der Waals surface area contributed by atoms with Crippen molar-refractivity contribution in [2.45, 2.75) is 26.3 Å². The van der Waals surface area contributed by atoms with Gasteiger partial charge in [-0.3, -0.25) is 19.7 Å². The molecule has 1 aromatic rings. The van der Waals surface area contributed by atoms with E-state index in [1.54, 1.807) is 17.0 Å². The van der Waals surface area contributed by atoms with E-state index in [9.17, 15) is 14.4 Å². The first-order valence-corrected chi connectivity index (χ1v) is 6.10. The normalized spacial score (nSPS) is 19.3. The quantitative estimate of drug-likeness (QED) is 0.634. The summed E-state index contributed by atoms with van der Waals surface area (Å²) in [5, 5.41) is 2.31. The number of anilines is 1. The maximum Gasteiger partial charge on any atom is 0.249 e. The van der Waals surface area contributed by atoms with Crippen LogP contribution in [0.25, 0.3) is 0 Å². The number of aromatic nitrogens is 1. The van der Waals surface area contributed by atoms with Crippen LogP contribution in [0.4, 0.5) is 5.82 Å². The summed E-state index contributed by atoms with van der Waals surface area (Å²) in [4.78, 5) is 40.2. The van der Waals surface area contributed by atoms with Crippen molar-refractivity contribution in [1.29, 1.82) is 0 Å². The third kappa shape index (κ3) is 2.62. The van der Waals surface area contributed by atoms with Gasteiger partial charge in [0.2, 0.25) is 11.8 Å². The summed E-state index contributed by atoms with van der Waals surface area (Å²) in [5.41, 5.74) is 0.504. The highest BCUT2D eigenvalue weighted by atomic mass is 16.2. The van der Waals surface area contributed by atoms with Gasteiger partial charge < -0.3 is 4.90 Å². The molecular formula is C13H15N3O3. The Morgan fingerprint density at radius 1 is 1.47 bits per heavy atom. The zero-order valence-corrected chi connectivity index (χ0v) is 10.8. The zero-order chi connectivity index (χ0) is 14.0. The van der Waals surface area contributed by atoms with Gasteiger partial charge in [0.15, 0.2) is 5.78 Å². The van der Waals surface area contributed by atoms with Crippen LogP contribution in [0, 0.1) is 0 Å². The molecule has 0 saturated carbocycles. The molecule has 2 rings (SSSR count). The van der Waals surface area contributed by atoms with Gasteiger partial charge in [-0.15, -0.1) is 0 Å². The lowest BCUT2D eigenvalue weighted by molar-refractivity contribution is -0.132. The number of rotatable bonds is 3. The van der Waals surface area contributed by atoms with Gasteiger partial charge >= 0.3 is 0 Å². The van der Waals surface area contributed by atoms with E-state index < -0.39 is 6.04 Å². The summed E-state index contributed by atoms with van der Waals surface area (Å²) in [6.45, 7) is 3.43. The van der Waals surface area contributed by atoms with E-state index >= 15 is 0 Å². The van der Waals surface area contributed by atoms with Crippen molar-refractivity contribution in [2.24, 2.45) is 0 Å². The first-order valence-electron chi connectivity index (χ1n) is 6.10. The fraction of sp³-hybridized carbons (Fsp3) is 0.385. The summed E-state index contributed by atoms with van der Waals surface area (Å²) in [6, 6.07) is 2.90. The number of carbonyl (C=O) groups is 3. The molecule has 0 bridgehead atoms. The second-order valence-corrected chi connectivity index (χ2v) is 4.43. The van der Waals surface area contributed by atoms with Gasteiger partial charge in [-0.25, -0.2) is 4.98 Å². The number of amides is 2. The zero-order valence-electron chi connectivity index (χ0n) is 10.8. The van der Waals surface area contributed by atoms with Crippen LogP contribution in [0.3, 0.4) is 0 Å². The molecule has 1 aromatic heterocycles. The minimum Gasteiger partial charge on any atom is -0.335 e. The molecule has 1 saturated heterocycles. The molecule has 0 aromatic carbocycles. The van der Waals surface area contributed by atoms with E-state index in [0.29, 0.717) is 17.8 Å². The first-order chi connectivity index (χ1) is 9.02. The van der Waals surface area contributed by atoms with E-state index in [2.05, 4.69) is 10.3 Å². The third-order valence-corrected chi connectivity index (χ3v) is 3.09. The Bertz CT molecular complexity index is 524. The second kappa shape index (κ2) is 5.17. The van der Waals surface area contributed by atoms with E-state index in [0.717, 1.165) is 0 Å². The van der Waals surface area contributed by atoms with Crippen molar-refractivity contribution in [1.82, 2.24) is 10.3 Å². The Morgan fingerprint density at radius 2 is 2.21 bits per heavy atom. The van der Waals surface area contributed by atoms with Crippen molar-refractivity contribution < 1.29 is 14.4 Å². The second-order valence-electron chi connectivity index (χ2n) is 4.43. The topological polar surface area (TPSA) is 79.4 Å². The van der Waals surface area contributed by atoms with Crippen molar-refractivity contribution >= 4 is 23.4 Å². The van der Waals surface area contributed by atoms with Crippen LogP contribution in [-0.2, 0) is 9.59 Å². The van der Waals surface area contributed by atoms with Gasteiger partial charge in [0.05, 0.1) is 6.54 Å². The van der Waals surface area contributed by atoms with Crippen LogP contribution in [0.5, 0.6) is 0 Å². The van der Waals surface area contributed by atoms with Crippen LogP contribution < -0.4 is 10.2 Å². The molecular weight excluding hydrogens is 246 g/mol. The number of Topliss-reactive ketones (excluding diaryl/α,β-unsaturated/α-hetero) is 1. The van der Waals surface area contributed by atoms with Crippen LogP contribution in [0.15, 0.2) is 18.3 Å². The van der Waals surface area contributed by atoms with Gasteiger partial charge in [0, 0.05) is 11.8 Å². The minimum absolute atomic E-state index is 0.0708. The summed E-state index contributed by atoms with van der Waals surface area (Å²) in [7, 11) is 0. The van der Waals surface area contributed by atoms with Gasteiger partial charge in [-0.05, 0) is 25.5 Å². The van der Waals surface area contributed by atoms with Crippen molar-refractivity contribution in [3.63, 3.8) is 0 Å². The van der Waals surface area contributed by atoms with Crippen molar-refractivity contribution in [2.75, 3.05) is 11.4 Å². The third-order valence-electron chi connectivity index (χ3n) is 3.09. The Balaban J connectivity index is 2.29. The molecule has 1 unspecified atom stereocenters. The minimum atomic E-state index is -0.409. The molecule has 1 fully saturated rings. The lowest BCUT2D eigenvalue weighted by atomic mass is 10.1. The van der Waals surface area contributed by atoms with Crippen LogP contribution in [-0.4, -0.2) is 35.2 Å². The number of nitrogens with one attached hydrogen (secondary N) is 1. The van der Waals surface area contributed by atoms with E-state index in [1.807, 2.05) is 6.92 Å². The molecule has 2 heterocycles. The molecule has 1 N–H and O–H groups in total. The summed E-state index contributed by atoms with van der Waals surface area (Å²) in [6.07, 6.45) is 2.04. The highest BCUT2D eigenvalue weighted by molar-refractivity contribution is 6.04. The number of hydrogen-bond acceptors (Lipinski definition) is 5. The molecule has 6 nitrogen and oxygen atoms in total. The number of ketones is 1. The molecule has 6 heteroatoms. The van der Waals surface area contributed by atoms with Crippen LogP contribution >= 0.6 is 0 Å². The molecule has 2 amide bonds. The van der Waals surface area contributed by atoms with Crippen LogP contribution in [0.2, 0.25) is 0 Å². The number of piperazine rings is 1. The smallest absolute Gasteiger partial charge is 0.249 e. The molecule has 19 heavy (non-hydrogen) atoms. The predicted octanol–water partition coefficient (Wildman–Crippen LogP) is 0.526. The standard InChI is InChI=1S/C13H15N3O3/c1-3-10-13(19)15-12(18)7-16(10)11-5-4-9(6-14-11)8(2)17/h4-6,10H,3,7H2,1-2H3,(H,15,18,19). The maximum atomic E-state index is 11.7. The first kappa shape index (κ1) is 13.2. The average molecular weight is 261 g/mol. The number of nitrogens with zero attached hydrogens (tertiary/aromatic N) is 2. The summed E-state index contributed by atoms with van der Waals surface area (Å²) in [5.74, 6) is -0.193. The molecule has 1 aliphatic rings. The monoisotopic (exact) mass is 261 g/mol. The number of imide groups is 1. The Morgan fingerprint density at radius 3 is 2.74 bits per heavy atom. The Hall–Kier alpha value is -2.24. The molecule has 100 valence electrons. The molecule has 1 aliphatic heterocycles. The molecule has 0 radical (unpaired) electrons. The fourth-order valence-electron chi connectivity index (χ4n) is 2.08. The van der Waals surface area contributed by atoms with E-state index in [4.69, 9.17) is 0 Å². The van der Waals surface area contributed by atoms with E-state index in [-0.39, 0.29) is 24.1 Å². The maximum absolute atomic E-state index is 11.7. The highest BCUT2D eigenvalue weighted by Gasteiger charge is 2.33. The number of carbonyl (C=O) groups excluding carboxylic acids is 3. The van der Waals surface area contributed by atoms with Gasteiger partial charge in [0.25, 0.3) is 0 Å². The van der Waals surface area contributed by atoms with Gasteiger partial charge in [0.1, 0.15) is 11.9 Å². The number of pyridine rings is 1.